The van der Waals surface area contributed by atoms with Gasteiger partial charge in [-0.25, -0.2) is 4.79 Å². The molecule has 0 spiro atoms. The molecule has 0 bridgehead atoms. The molecular formula is C17H25N3O5. The van der Waals surface area contributed by atoms with Crippen molar-refractivity contribution in [2.75, 3.05) is 33.9 Å². The first-order valence-corrected chi connectivity index (χ1v) is 7.59. The molecule has 8 heteroatoms. The lowest BCUT2D eigenvalue weighted by Crippen LogP contribution is -2.32. The first kappa shape index (κ1) is 22.6. The predicted molar refractivity (Wildman–Crippen MR) is 94.9 cm³/mol. The summed E-state index contributed by atoms with van der Waals surface area (Å²) < 4.78 is 7.22. The van der Waals surface area contributed by atoms with Crippen molar-refractivity contribution in [2.24, 2.45) is 0 Å². The van der Waals surface area contributed by atoms with Crippen molar-refractivity contribution in [3.05, 3.63) is 33.1 Å². The number of hydrogen-bond acceptors (Lipinski definition) is 6. The van der Waals surface area contributed by atoms with Gasteiger partial charge in [0.1, 0.15) is 19.4 Å². The standard InChI is InChI=1S/C11H17N3O3.2C3H4O/c1-13(2)7-8-3-4-10(17-8)14-6-5-9(15)12-11(14)16;2*1-2-3-4/h5-6,8,10H,3-4,7H2,1-2H3,(H,12,15,16);2*1,4H,3H2. The lowest BCUT2D eigenvalue weighted by atomic mass is 10.2. The second-order valence-electron chi connectivity index (χ2n) is 5.29. The van der Waals surface area contributed by atoms with E-state index in [2.05, 4.69) is 22.7 Å². The van der Waals surface area contributed by atoms with Gasteiger partial charge in [0.25, 0.3) is 5.56 Å². The van der Waals surface area contributed by atoms with Crippen molar-refractivity contribution >= 4 is 0 Å². The van der Waals surface area contributed by atoms with Crippen LogP contribution in [-0.4, -0.2) is 64.6 Å². The fraction of sp³-hybridized carbons (Fsp3) is 0.529. The van der Waals surface area contributed by atoms with Gasteiger partial charge in [-0.05, 0) is 26.9 Å². The molecule has 2 rings (SSSR count). The lowest BCUT2D eigenvalue weighted by molar-refractivity contribution is -0.0103. The van der Waals surface area contributed by atoms with Crippen LogP contribution in [0, 0.1) is 24.7 Å². The molecule has 1 aliphatic rings. The second-order valence-corrected chi connectivity index (χ2v) is 5.29. The van der Waals surface area contributed by atoms with Crippen LogP contribution in [0.15, 0.2) is 21.9 Å². The van der Waals surface area contributed by atoms with E-state index in [1.165, 1.54) is 16.8 Å². The molecule has 0 radical (unpaired) electrons. The van der Waals surface area contributed by atoms with Crippen molar-refractivity contribution < 1.29 is 14.9 Å². The number of H-pyrrole nitrogens is 1. The molecule has 138 valence electrons. The minimum Gasteiger partial charge on any atom is -0.384 e. The molecule has 1 saturated heterocycles. The van der Waals surface area contributed by atoms with Crippen LogP contribution in [0.3, 0.4) is 0 Å². The highest BCUT2D eigenvalue weighted by Crippen LogP contribution is 2.26. The summed E-state index contributed by atoms with van der Waals surface area (Å²) >= 11 is 0. The number of aromatic amines is 1. The third-order valence-corrected chi connectivity index (χ3v) is 3.00. The first-order valence-electron chi connectivity index (χ1n) is 7.59. The molecule has 1 aromatic rings. The minimum absolute atomic E-state index is 0.147. The topological polar surface area (TPSA) is 108 Å². The molecule has 0 saturated carbocycles. The van der Waals surface area contributed by atoms with Crippen LogP contribution in [-0.2, 0) is 4.74 Å². The molecule has 0 aromatic carbocycles. The maximum Gasteiger partial charge on any atom is 0.330 e. The van der Waals surface area contributed by atoms with Gasteiger partial charge in [-0.3, -0.25) is 14.3 Å². The number of likely N-dealkylation sites (N-methyl/N-ethyl adjacent to an activating group) is 1. The highest BCUT2D eigenvalue weighted by Gasteiger charge is 2.27. The monoisotopic (exact) mass is 351 g/mol. The van der Waals surface area contributed by atoms with Gasteiger partial charge in [0.2, 0.25) is 0 Å². The van der Waals surface area contributed by atoms with Gasteiger partial charge in [0, 0.05) is 18.8 Å². The van der Waals surface area contributed by atoms with E-state index < -0.39 is 5.69 Å². The number of rotatable bonds is 3. The summed E-state index contributed by atoms with van der Waals surface area (Å²) in [5.41, 5.74) is -0.790. The van der Waals surface area contributed by atoms with Crippen molar-refractivity contribution in [3.63, 3.8) is 0 Å². The Hall–Kier alpha value is -2.36. The third-order valence-electron chi connectivity index (χ3n) is 3.00. The van der Waals surface area contributed by atoms with Crippen molar-refractivity contribution in [1.82, 2.24) is 14.5 Å². The maximum absolute atomic E-state index is 11.6. The summed E-state index contributed by atoms with van der Waals surface area (Å²) in [6.45, 7) is 0.536. The van der Waals surface area contributed by atoms with Crippen LogP contribution < -0.4 is 11.2 Å². The molecule has 0 aliphatic carbocycles. The molecule has 2 atom stereocenters. The highest BCUT2D eigenvalue weighted by molar-refractivity contribution is 4.86. The molecule has 1 aliphatic heterocycles. The number of ether oxygens (including phenoxy) is 1. The number of aromatic nitrogens is 2. The van der Waals surface area contributed by atoms with Crippen LogP contribution >= 0.6 is 0 Å². The number of aliphatic hydroxyl groups is 2. The van der Waals surface area contributed by atoms with Crippen molar-refractivity contribution in [3.8, 4) is 24.7 Å². The Kier molecular flexibility index (Phi) is 11.8. The number of hydrogen-bond donors (Lipinski definition) is 3. The average Bonchev–Trinajstić information content (AvgIpc) is 3.02. The largest absolute Gasteiger partial charge is 0.384 e. The number of terminal acetylenes is 2. The van der Waals surface area contributed by atoms with Crippen LogP contribution in [0.2, 0.25) is 0 Å². The summed E-state index contributed by atoms with van der Waals surface area (Å²) in [5.74, 6) is 3.97. The summed E-state index contributed by atoms with van der Waals surface area (Å²) in [5, 5.41) is 15.3. The Balaban J connectivity index is 0.000000609. The Bertz CT molecular complexity index is 667. The van der Waals surface area contributed by atoms with Crippen LogP contribution in [0.4, 0.5) is 0 Å². The van der Waals surface area contributed by atoms with Gasteiger partial charge >= 0.3 is 5.69 Å². The van der Waals surface area contributed by atoms with Gasteiger partial charge in [-0.15, -0.1) is 12.8 Å². The summed E-state index contributed by atoms with van der Waals surface area (Å²) in [6.07, 6.45) is 12.2. The smallest absolute Gasteiger partial charge is 0.330 e. The molecular weight excluding hydrogens is 326 g/mol. The maximum atomic E-state index is 11.6. The van der Waals surface area contributed by atoms with E-state index in [1.807, 2.05) is 25.9 Å². The van der Waals surface area contributed by atoms with E-state index in [4.69, 9.17) is 14.9 Å². The predicted octanol–water partition coefficient (Wildman–Crippen LogP) is -1.00. The Morgan fingerprint density at radius 2 is 1.84 bits per heavy atom. The molecule has 2 heterocycles. The first-order chi connectivity index (χ1) is 11.9. The zero-order valence-electron chi connectivity index (χ0n) is 14.5. The normalized spacial score (nSPS) is 18.2. The second kappa shape index (κ2) is 13.0. The number of nitrogens with one attached hydrogen (secondary N) is 1. The van der Waals surface area contributed by atoms with Crippen LogP contribution in [0.25, 0.3) is 0 Å². The molecule has 3 N–H and O–H groups in total. The van der Waals surface area contributed by atoms with Crippen molar-refractivity contribution in [1.29, 1.82) is 0 Å². The molecule has 8 nitrogen and oxygen atoms in total. The molecule has 2 unspecified atom stereocenters. The third kappa shape index (κ3) is 9.50. The lowest BCUT2D eigenvalue weighted by Gasteiger charge is -2.18. The molecule has 0 amide bonds. The van der Waals surface area contributed by atoms with Gasteiger partial charge < -0.3 is 19.8 Å². The fourth-order valence-electron chi connectivity index (χ4n) is 2.09. The van der Waals surface area contributed by atoms with Crippen LogP contribution in [0.1, 0.15) is 19.1 Å². The number of nitrogens with zero attached hydrogens (tertiary/aromatic N) is 2. The van der Waals surface area contributed by atoms with E-state index >= 15 is 0 Å². The Morgan fingerprint density at radius 3 is 2.28 bits per heavy atom. The van der Waals surface area contributed by atoms with E-state index in [-0.39, 0.29) is 31.1 Å². The van der Waals surface area contributed by atoms with Crippen molar-refractivity contribution in [2.45, 2.75) is 25.2 Å². The van der Waals surface area contributed by atoms with E-state index in [0.717, 1.165) is 19.4 Å². The SMILES string of the molecule is C#CCO.C#CCO.CN(C)CC1CCC(n2ccc(=O)[nH]c2=O)O1. The zero-order valence-corrected chi connectivity index (χ0v) is 14.5. The minimum atomic E-state index is -0.409. The summed E-state index contributed by atoms with van der Waals surface area (Å²) in [4.78, 5) is 26.8. The Morgan fingerprint density at radius 1 is 1.28 bits per heavy atom. The molecule has 1 aromatic heterocycles. The quantitative estimate of drug-likeness (QED) is 0.603. The molecule has 1 fully saturated rings. The van der Waals surface area contributed by atoms with Gasteiger partial charge in [0.05, 0.1) is 6.10 Å². The van der Waals surface area contributed by atoms with E-state index in [1.54, 1.807) is 0 Å². The van der Waals surface area contributed by atoms with E-state index in [9.17, 15) is 9.59 Å². The van der Waals surface area contributed by atoms with Gasteiger partial charge in [-0.1, -0.05) is 11.8 Å². The van der Waals surface area contributed by atoms with Gasteiger partial charge in [-0.2, -0.15) is 0 Å². The molecule has 25 heavy (non-hydrogen) atoms. The fourth-order valence-corrected chi connectivity index (χ4v) is 2.09. The summed E-state index contributed by atoms with van der Waals surface area (Å²) in [6, 6.07) is 1.34. The average molecular weight is 351 g/mol. The Labute approximate surface area is 147 Å². The highest BCUT2D eigenvalue weighted by atomic mass is 16.5. The number of aliphatic hydroxyl groups excluding tert-OH is 2. The van der Waals surface area contributed by atoms with Crippen LogP contribution in [0.5, 0.6) is 0 Å². The van der Waals surface area contributed by atoms with E-state index in [0.29, 0.717) is 0 Å². The van der Waals surface area contributed by atoms with Gasteiger partial charge in [0.15, 0.2) is 0 Å². The summed E-state index contributed by atoms with van der Waals surface area (Å²) in [7, 11) is 3.98. The zero-order chi connectivity index (χ0) is 19.2.